The molecule has 0 saturated heterocycles. The van der Waals surface area contributed by atoms with Crippen molar-refractivity contribution in [3.05, 3.63) is 140 Å². The van der Waals surface area contributed by atoms with E-state index < -0.39 is 0 Å². The molecule has 0 fully saturated rings. The molecule has 3 nitrogen and oxygen atoms in total. The average Bonchev–Trinajstić information content (AvgIpc) is 3.71. The molecule has 0 spiro atoms. The van der Waals surface area contributed by atoms with E-state index in [1.807, 2.05) is 11.3 Å². The summed E-state index contributed by atoms with van der Waals surface area (Å²) >= 11 is 1.84. The number of rotatable bonds is 2. The minimum absolute atomic E-state index is 1.01. The van der Waals surface area contributed by atoms with E-state index in [2.05, 4.69) is 149 Å². The Labute approximate surface area is 250 Å². The van der Waals surface area contributed by atoms with Crippen molar-refractivity contribution in [3.8, 4) is 11.4 Å². The van der Waals surface area contributed by atoms with Crippen molar-refractivity contribution in [1.82, 2.24) is 14.1 Å². The number of hydrogen-bond acceptors (Lipinski definition) is 2. The summed E-state index contributed by atoms with van der Waals surface area (Å²) in [7, 11) is 0. The lowest BCUT2D eigenvalue weighted by Gasteiger charge is -2.14. The first-order chi connectivity index (χ1) is 21.3. The van der Waals surface area contributed by atoms with Gasteiger partial charge in [-0.2, -0.15) is 0 Å². The Bertz CT molecular complexity index is 2690. The monoisotopic (exact) mass is 565 g/mol. The third-order valence-corrected chi connectivity index (χ3v) is 10.1. The summed E-state index contributed by atoms with van der Waals surface area (Å²) in [5, 5.41) is 7.40. The molecule has 0 aliphatic carbocycles. The smallest absolute Gasteiger partial charge is 0.0917 e. The van der Waals surface area contributed by atoms with Gasteiger partial charge in [-0.05, 0) is 42.5 Å². The predicted octanol–water partition coefficient (Wildman–Crippen LogP) is 10.8. The van der Waals surface area contributed by atoms with E-state index in [1.54, 1.807) is 0 Å². The summed E-state index contributed by atoms with van der Waals surface area (Å²) in [6.45, 7) is 0. The van der Waals surface area contributed by atoms with Gasteiger partial charge >= 0.3 is 0 Å². The Hall–Kier alpha value is -5.45. The van der Waals surface area contributed by atoms with E-state index in [1.165, 1.54) is 64.1 Å². The third-order valence-electron chi connectivity index (χ3n) is 8.90. The van der Waals surface area contributed by atoms with Crippen LogP contribution in [0.3, 0.4) is 0 Å². The van der Waals surface area contributed by atoms with Crippen LogP contribution in [-0.4, -0.2) is 14.1 Å². The molecule has 10 aromatic rings. The molecule has 200 valence electrons. The van der Waals surface area contributed by atoms with Gasteiger partial charge in [0.1, 0.15) is 0 Å². The summed E-state index contributed by atoms with van der Waals surface area (Å²) in [5.74, 6) is 0. The minimum Gasteiger partial charge on any atom is -0.309 e. The Morgan fingerprint density at radius 3 is 1.67 bits per heavy atom. The summed E-state index contributed by atoms with van der Waals surface area (Å²) in [5.41, 5.74) is 9.26. The predicted molar refractivity (Wildman–Crippen MR) is 183 cm³/mol. The van der Waals surface area contributed by atoms with Crippen molar-refractivity contribution in [2.75, 3.05) is 0 Å². The third kappa shape index (κ3) is 3.10. The highest BCUT2D eigenvalue weighted by Gasteiger charge is 2.21. The second kappa shape index (κ2) is 8.54. The first-order valence-corrected chi connectivity index (χ1v) is 15.4. The number of thiophene rings is 1. The van der Waals surface area contributed by atoms with Crippen LogP contribution >= 0.6 is 11.3 Å². The number of aromatic nitrogens is 3. The van der Waals surface area contributed by atoms with Crippen molar-refractivity contribution in [2.24, 2.45) is 0 Å². The molecule has 0 bridgehead atoms. The van der Waals surface area contributed by atoms with Crippen LogP contribution in [0, 0.1) is 0 Å². The van der Waals surface area contributed by atoms with E-state index in [9.17, 15) is 0 Å². The molecular formula is C39H23N3S. The molecular weight excluding hydrogens is 543 g/mol. The Morgan fingerprint density at radius 1 is 0.442 bits per heavy atom. The number of benzene rings is 6. The zero-order valence-electron chi connectivity index (χ0n) is 23.0. The average molecular weight is 566 g/mol. The fraction of sp³-hybridized carbons (Fsp3) is 0. The molecule has 4 heteroatoms. The number of para-hydroxylation sites is 4. The van der Waals surface area contributed by atoms with Gasteiger partial charge in [0.05, 0.1) is 43.5 Å². The van der Waals surface area contributed by atoms with E-state index in [-0.39, 0.29) is 0 Å². The molecule has 6 aromatic carbocycles. The molecule has 43 heavy (non-hydrogen) atoms. The van der Waals surface area contributed by atoms with Crippen LogP contribution in [-0.2, 0) is 0 Å². The van der Waals surface area contributed by atoms with E-state index in [0.29, 0.717) is 0 Å². The van der Waals surface area contributed by atoms with Crippen molar-refractivity contribution >= 4 is 86.2 Å². The highest BCUT2D eigenvalue weighted by molar-refractivity contribution is 7.26. The van der Waals surface area contributed by atoms with Crippen molar-refractivity contribution in [1.29, 1.82) is 0 Å². The summed E-state index contributed by atoms with van der Waals surface area (Å²) < 4.78 is 7.37. The SMILES string of the molecule is c1ccc2c(-n3c4ccccc4c4ccc(-n5c6ccccc6c6ccccc65)cc43)c3sc4ccccc4c3nc2c1. The largest absolute Gasteiger partial charge is 0.309 e. The number of fused-ring (bicyclic) bond motifs is 10. The summed E-state index contributed by atoms with van der Waals surface area (Å²) in [6, 6.07) is 50.4. The van der Waals surface area contributed by atoms with Gasteiger partial charge in [0.15, 0.2) is 0 Å². The molecule has 0 saturated carbocycles. The first-order valence-electron chi connectivity index (χ1n) is 14.6. The zero-order valence-corrected chi connectivity index (χ0v) is 23.8. The van der Waals surface area contributed by atoms with Crippen LogP contribution in [0.4, 0.5) is 0 Å². The van der Waals surface area contributed by atoms with Crippen molar-refractivity contribution in [3.63, 3.8) is 0 Å². The topological polar surface area (TPSA) is 22.8 Å². The highest BCUT2D eigenvalue weighted by Crippen LogP contribution is 2.43. The van der Waals surface area contributed by atoms with E-state index in [0.717, 1.165) is 22.1 Å². The Balaban J connectivity index is 1.39. The van der Waals surface area contributed by atoms with Gasteiger partial charge in [-0.15, -0.1) is 11.3 Å². The molecule has 4 heterocycles. The lowest BCUT2D eigenvalue weighted by molar-refractivity contribution is 1.17. The molecule has 0 radical (unpaired) electrons. The summed E-state index contributed by atoms with van der Waals surface area (Å²) in [6.07, 6.45) is 0. The second-order valence-corrected chi connectivity index (χ2v) is 12.2. The maximum Gasteiger partial charge on any atom is 0.0917 e. The number of hydrogen-bond donors (Lipinski definition) is 0. The lowest BCUT2D eigenvalue weighted by Crippen LogP contribution is -1.99. The number of pyridine rings is 1. The van der Waals surface area contributed by atoms with Crippen molar-refractivity contribution in [2.45, 2.75) is 0 Å². The molecule has 0 amide bonds. The summed E-state index contributed by atoms with van der Waals surface area (Å²) in [4.78, 5) is 5.22. The first kappa shape index (κ1) is 23.1. The minimum atomic E-state index is 1.01. The van der Waals surface area contributed by atoms with Crippen LogP contribution in [0.25, 0.3) is 86.2 Å². The second-order valence-electron chi connectivity index (χ2n) is 11.2. The molecule has 4 aromatic heterocycles. The van der Waals surface area contributed by atoms with Crippen LogP contribution in [0.15, 0.2) is 140 Å². The highest BCUT2D eigenvalue weighted by atomic mass is 32.1. The molecule has 0 unspecified atom stereocenters. The van der Waals surface area contributed by atoms with Gasteiger partial charge in [0.2, 0.25) is 0 Å². The maximum atomic E-state index is 5.22. The van der Waals surface area contributed by atoms with Crippen LogP contribution in [0.1, 0.15) is 0 Å². The Kier molecular flexibility index (Phi) is 4.60. The molecule has 0 aliphatic heterocycles. The van der Waals surface area contributed by atoms with Crippen LogP contribution in [0.5, 0.6) is 0 Å². The maximum absolute atomic E-state index is 5.22. The normalized spacial score (nSPS) is 12.2. The fourth-order valence-corrected chi connectivity index (χ4v) is 8.27. The standard InChI is InChI=1S/C39H23N3S/c1-6-16-31-29(14-1)38(39-37(40-31)30-15-5-10-20-36(30)43-39)42-34-19-9-4-13-27(34)28-22-21-24(23-35(28)42)41-32-17-7-2-11-25(32)26-12-3-8-18-33(26)41/h1-23H. The van der Waals surface area contributed by atoms with Gasteiger partial charge in [-0.1, -0.05) is 97.1 Å². The molecule has 0 N–H and O–H groups in total. The Morgan fingerprint density at radius 2 is 0.977 bits per heavy atom. The van der Waals surface area contributed by atoms with E-state index >= 15 is 0 Å². The van der Waals surface area contributed by atoms with E-state index in [4.69, 9.17) is 4.98 Å². The van der Waals surface area contributed by atoms with Gasteiger partial charge in [0.25, 0.3) is 0 Å². The van der Waals surface area contributed by atoms with Crippen LogP contribution < -0.4 is 0 Å². The zero-order chi connectivity index (χ0) is 28.1. The molecule has 0 aliphatic rings. The number of nitrogens with zero attached hydrogens (tertiary/aromatic N) is 3. The molecule has 10 rings (SSSR count). The van der Waals surface area contributed by atoms with Gasteiger partial charge in [-0.3, -0.25) is 0 Å². The van der Waals surface area contributed by atoms with Crippen molar-refractivity contribution < 1.29 is 0 Å². The quantitative estimate of drug-likeness (QED) is 0.204. The van der Waals surface area contributed by atoms with Gasteiger partial charge < -0.3 is 9.13 Å². The lowest BCUT2D eigenvalue weighted by atomic mass is 10.1. The van der Waals surface area contributed by atoms with Gasteiger partial charge in [0, 0.05) is 42.7 Å². The fourth-order valence-electron chi connectivity index (χ4n) is 7.08. The van der Waals surface area contributed by atoms with Gasteiger partial charge in [-0.25, -0.2) is 4.98 Å². The van der Waals surface area contributed by atoms with Crippen LogP contribution in [0.2, 0.25) is 0 Å². The molecule has 0 atom stereocenters.